The maximum Gasteiger partial charge on any atom is 2.00 e. The van der Waals surface area contributed by atoms with Crippen LogP contribution in [0, 0.1) is 57.7 Å². The van der Waals surface area contributed by atoms with Crippen LogP contribution < -0.4 is 43.4 Å². The summed E-state index contributed by atoms with van der Waals surface area (Å²) in [5.41, 5.74) is 24.7. The number of hydrogen-bond donors (Lipinski definition) is 8. The van der Waals surface area contributed by atoms with Crippen molar-refractivity contribution < 1.29 is 48.2 Å². The molecule has 2 spiro atoms. The van der Waals surface area contributed by atoms with Crippen molar-refractivity contribution in [3.05, 3.63) is 188 Å². The van der Waals surface area contributed by atoms with Gasteiger partial charge in [-0.1, -0.05) is 64.5 Å². The molecule has 418 valence electrons. The molecular weight excluding hydrogens is 1180 g/mol. The van der Waals surface area contributed by atoms with E-state index in [0.717, 1.165) is 109 Å². The molecule has 2 aliphatic carbocycles. The third-order valence-corrected chi connectivity index (χ3v) is 16.2. The van der Waals surface area contributed by atoms with E-state index >= 15 is 0 Å². The quantitative estimate of drug-likeness (QED) is 0.0593. The summed E-state index contributed by atoms with van der Waals surface area (Å²) >= 11 is 3.38. The van der Waals surface area contributed by atoms with Gasteiger partial charge in [-0.2, -0.15) is 15.8 Å². The molecule has 14 rings (SSSR count). The van der Waals surface area contributed by atoms with Crippen molar-refractivity contribution in [3.63, 3.8) is 0 Å². The van der Waals surface area contributed by atoms with Gasteiger partial charge in [0.15, 0.2) is 0 Å². The largest absolute Gasteiger partial charge is 2.00 e. The van der Waals surface area contributed by atoms with Gasteiger partial charge >= 0.3 is 19.5 Å². The van der Waals surface area contributed by atoms with Gasteiger partial charge in [-0.3, -0.25) is 28.8 Å². The fourth-order valence-electron chi connectivity index (χ4n) is 11.0. The molecule has 6 heterocycles. The second-order valence-electron chi connectivity index (χ2n) is 21.2. The molecule has 6 aromatic rings. The van der Waals surface area contributed by atoms with Crippen molar-refractivity contribution in [2.75, 3.05) is 31.9 Å². The second kappa shape index (κ2) is 26.2. The monoisotopic (exact) mass is 1230 g/mol. The number of carbonyl (C=O) groups is 6. The zero-order valence-corrected chi connectivity index (χ0v) is 51.0. The molecule has 0 radical (unpaired) electrons. The molecule has 84 heavy (non-hydrogen) atoms. The number of amides is 6. The zero-order chi connectivity index (χ0) is 60.6. The van der Waals surface area contributed by atoms with Gasteiger partial charge in [0.25, 0.3) is 0 Å². The Kier molecular flexibility index (Phi) is 19.9. The summed E-state index contributed by atoms with van der Waals surface area (Å²) in [5, 5.41) is 55.9. The molecule has 19 nitrogen and oxygen atoms in total. The number of carbonyl (C=O) groups excluding carboxylic acids is 6. The van der Waals surface area contributed by atoms with Crippen molar-refractivity contribution in [2.24, 2.45) is 11.5 Å². The van der Waals surface area contributed by atoms with Crippen molar-refractivity contribution in [2.45, 2.75) is 101 Å². The summed E-state index contributed by atoms with van der Waals surface area (Å²) in [6.45, 7) is 18.0. The van der Waals surface area contributed by atoms with Crippen LogP contribution in [0.3, 0.4) is 0 Å². The maximum absolute atomic E-state index is 11.7. The predicted octanol–water partition coefficient (Wildman–Crippen LogP) is 9.02. The first-order chi connectivity index (χ1) is 39.8. The standard InChI is InChI=1S/C11H12N2O.C11H8N2O.C11H14N2O.C11H10N2O.C9H6N2O.C8H6BrNO.2CN.Zn/c2*12-6-7-2-1-3-8-9(7)11(4-5-11)10(14)13-8;2*1-11(2)9-7(6-12)4-3-5-8(9)13-10(11)14;10-5-6-2-1-3-8-7(6)4-9(12)11-8;9-6-2-1-3-7-5(6)4-8(11)10-7;2*1-2;/h1-3H,4-6,12H2,(H,13,14);1-3H,4-5H2,(H,13,14);3-5H,6,12H2,1-2H3,(H,13,14);3-5H,1-2H3,(H,13,14);1-3H,4H2,(H,11,12);1-3H,4H2,(H,10,11);;;/q;;;;;;2*-1;+2. The molecule has 10 N–H and O–H groups in total. The zero-order valence-electron chi connectivity index (χ0n) is 46.5. The molecule has 6 aromatic carbocycles. The smallest absolute Gasteiger partial charge is 0.512 e. The molecule has 6 amide bonds. The summed E-state index contributed by atoms with van der Waals surface area (Å²) in [4.78, 5) is 68.5. The van der Waals surface area contributed by atoms with Crippen LogP contribution in [0.1, 0.15) is 115 Å². The summed E-state index contributed by atoms with van der Waals surface area (Å²) in [5.74, 6) is 0.270. The topological polar surface area (TPSA) is 346 Å². The number of nitrogens with one attached hydrogen (secondary N) is 6. The normalized spacial score (nSPS) is 16.5. The van der Waals surface area contributed by atoms with Gasteiger partial charge < -0.3 is 67.0 Å². The van der Waals surface area contributed by atoms with Crippen LogP contribution in [0.25, 0.3) is 0 Å². The van der Waals surface area contributed by atoms with Gasteiger partial charge in [-0.15, -0.1) is 0 Å². The molecule has 8 aliphatic rings. The molecule has 0 aromatic heterocycles. The van der Waals surface area contributed by atoms with Gasteiger partial charge in [-0.05, 0) is 142 Å². The van der Waals surface area contributed by atoms with E-state index in [0.29, 0.717) is 42.6 Å². The minimum atomic E-state index is -0.596. The van der Waals surface area contributed by atoms with Gasteiger partial charge in [0.1, 0.15) is 0 Å². The maximum atomic E-state index is 11.7. The number of benzene rings is 6. The number of fused-ring (bicyclic) bond motifs is 8. The van der Waals surface area contributed by atoms with Gasteiger partial charge in [0.2, 0.25) is 35.4 Å². The Morgan fingerprint density at radius 2 is 0.774 bits per heavy atom. The molecule has 0 atom stereocenters. The SMILES string of the molecule is CC1(C)C(=O)Nc2cccc(C#N)c21.CC1(C)C(=O)Nc2cccc(CN)c21.N#Cc1cccc2c1C1(CC1)C(=O)N2.N#Cc1cccc2c1CC(=O)N2.NCc1cccc2c1C1(CC1)C(=O)N2.O=C1Cc2c(Br)cccc2N1.[C-]#N.[C-]#N.[Zn+2]. The first kappa shape index (κ1) is 63.8. The van der Waals surface area contributed by atoms with E-state index in [2.05, 4.69) is 66.0 Å². The molecule has 2 saturated carbocycles. The number of hydrogen-bond acceptors (Lipinski definition) is 13. The van der Waals surface area contributed by atoms with Crippen LogP contribution in [0.15, 0.2) is 114 Å². The Morgan fingerprint density at radius 3 is 1.23 bits per heavy atom. The molecule has 0 saturated heterocycles. The molecule has 21 heteroatoms. The Hall–Kier alpha value is -9.39. The number of nitrogens with zero attached hydrogens (tertiary/aromatic N) is 5. The minimum absolute atomic E-state index is 0. The minimum Gasteiger partial charge on any atom is -0.512 e. The molecule has 6 aliphatic heterocycles. The van der Waals surface area contributed by atoms with Crippen LogP contribution in [0.5, 0.6) is 0 Å². The molecule has 0 bridgehead atoms. The van der Waals surface area contributed by atoms with Crippen LogP contribution in [0.4, 0.5) is 34.1 Å². The molecule has 0 unspecified atom stereocenters. The van der Waals surface area contributed by atoms with Crippen molar-refractivity contribution in [1.82, 2.24) is 0 Å². The number of anilines is 6. The van der Waals surface area contributed by atoms with Crippen molar-refractivity contribution in [1.29, 1.82) is 26.3 Å². The van der Waals surface area contributed by atoms with E-state index in [1.54, 1.807) is 42.5 Å². The van der Waals surface area contributed by atoms with Gasteiger partial charge in [0.05, 0.1) is 69.4 Å². The molecule has 2 fully saturated rings. The van der Waals surface area contributed by atoms with Crippen molar-refractivity contribution in [3.8, 4) is 18.2 Å². The first-order valence-electron chi connectivity index (χ1n) is 26.1. The number of nitrogens with two attached hydrogens (primary N) is 2. The van der Waals surface area contributed by atoms with Gasteiger partial charge in [0, 0.05) is 68.4 Å². The number of rotatable bonds is 2. The average Bonchev–Trinajstić information content (AvgIpc) is 1.67. The summed E-state index contributed by atoms with van der Waals surface area (Å²) in [6, 6.07) is 39.9. The first-order valence-corrected chi connectivity index (χ1v) is 26.9. The Morgan fingerprint density at radius 1 is 0.440 bits per heavy atom. The predicted molar refractivity (Wildman–Crippen MR) is 313 cm³/mol. The second-order valence-corrected chi connectivity index (χ2v) is 22.0. The van der Waals surface area contributed by atoms with E-state index < -0.39 is 10.8 Å². The van der Waals surface area contributed by atoms with Gasteiger partial charge in [-0.25, -0.2) is 0 Å². The summed E-state index contributed by atoms with van der Waals surface area (Å²) in [7, 11) is 0. The van der Waals surface area contributed by atoms with Crippen LogP contribution >= 0.6 is 15.9 Å². The Bertz CT molecular complexity index is 3670. The summed E-state index contributed by atoms with van der Waals surface area (Å²) in [6.07, 6.45) is 4.54. The van der Waals surface area contributed by atoms with E-state index in [4.69, 9.17) is 50.9 Å². The van der Waals surface area contributed by atoms with Crippen LogP contribution in [-0.4, -0.2) is 35.4 Å². The third kappa shape index (κ3) is 12.2. The van der Waals surface area contributed by atoms with E-state index in [1.807, 2.05) is 94.4 Å². The summed E-state index contributed by atoms with van der Waals surface area (Å²) < 4.78 is 1.01. The van der Waals surface area contributed by atoms with Crippen molar-refractivity contribution >= 4 is 85.5 Å². The Balaban J connectivity index is 0.000000160. The fourth-order valence-corrected chi connectivity index (χ4v) is 11.5. The number of halogens is 1. The average molecular weight is 1240 g/mol. The van der Waals surface area contributed by atoms with E-state index in [1.165, 1.54) is 0 Å². The molecular formula is C63H56BrN13O6Zn. The third-order valence-electron chi connectivity index (χ3n) is 15.5. The van der Waals surface area contributed by atoms with E-state index in [-0.39, 0.29) is 65.8 Å². The fraction of sp³-hybridized carbons (Fsp3) is 0.254. The Labute approximate surface area is 507 Å². The van der Waals surface area contributed by atoms with E-state index in [9.17, 15) is 28.8 Å². The van der Waals surface area contributed by atoms with Crippen LogP contribution in [-0.2, 0) is 95.8 Å². The number of nitriles is 3. The van der Waals surface area contributed by atoms with Crippen LogP contribution in [0.2, 0.25) is 0 Å².